The molecule has 4 unspecified atom stereocenters. The van der Waals surface area contributed by atoms with Crippen LogP contribution in [0.25, 0.3) is 0 Å². The molecule has 0 radical (unpaired) electrons. The minimum atomic E-state index is -1.85. The number of rotatable bonds is 8. The van der Waals surface area contributed by atoms with Gasteiger partial charge in [-0.1, -0.05) is 51.4 Å². The summed E-state index contributed by atoms with van der Waals surface area (Å²) in [6.45, 7) is -0.361. The van der Waals surface area contributed by atoms with Gasteiger partial charge >= 0.3 is 0 Å². The van der Waals surface area contributed by atoms with Crippen LogP contribution in [0, 0.1) is 5.92 Å². The second kappa shape index (κ2) is 11.8. The van der Waals surface area contributed by atoms with Gasteiger partial charge in [-0.3, -0.25) is 4.79 Å². The van der Waals surface area contributed by atoms with Crippen LogP contribution in [0.1, 0.15) is 57.8 Å². The highest BCUT2D eigenvalue weighted by atomic mass is 16.4. The summed E-state index contributed by atoms with van der Waals surface area (Å²) < 4.78 is 0. The van der Waals surface area contributed by atoms with Crippen molar-refractivity contribution in [2.24, 2.45) is 5.92 Å². The highest BCUT2D eigenvalue weighted by Gasteiger charge is 2.33. The number of nitrogens with one attached hydrogen (secondary N) is 1. The van der Waals surface area contributed by atoms with Crippen molar-refractivity contribution in [2.75, 3.05) is 13.2 Å². The van der Waals surface area contributed by atoms with E-state index in [9.17, 15) is 25.2 Å². The summed E-state index contributed by atoms with van der Waals surface area (Å²) in [6.07, 6.45) is 3.60. The smallest absolute Gasteiger partial charge is 0.251 e. The topological polar surface area (TPSA) is 130 Å². The second-order valence-corrected chi connectivity index (χ2v) is 6.82. The van der Waals surface area contributed by atoms with Crippen molar-refractivity contribution in [3.8, 4) is 0 Å². The standard InChI is InChI=1S/C17H33NO6/c19-11-13(20)14(21)15(22)16(23)17(24)18-10-9-12-7-5-3-1-2-4-6-8-12/h12-16,19-23H,1-11H2,(H,18,24). The minimum Gasteiger partial charge on any atom is -0.394 e. The summed E-state index contributed by atoms with van der Waals surface area (Å²) in [7, 11) is 0. The number of carbonyl (C=O) groups is 1. The van der Waals surface area contributed by atoms with Crippen molar-refractivity contribution in [3.05, 3.63) is 0 Å². The molecule has 0 aromatic rings. The Labute approximate surface area is 143 Å². The van der Waals surface area contributed by atoms with Gasteiger partial charge in [-0.25, -0.2) is 0 Å². The van der Waals surface area contributed by atoms with Crippen LogP contribution in [0.5, 0.6) is 0 Å². The van der Waals surface area contributed by atoms with Crippen LogP contribution >= 0.6 is 0 Å². The molecule has 24 heavy (non-hydrogen) atoms. The van der Waals surface area contributed by atoms with E-state index < -0.39 is 36.9 Å². The van der Waals surface area contributed by atoms with Crippen LogP contribution in [0.4, 0.5) is 0 Å². The van der Waals surface area contributed by atoms with E-state index in [1.807, 2.05) is 0 Å². The largest absolute Gasteiger partial charge is 0.394 e. The van der Waals surface area contributed by atoms with Gasteiger partial charge in [0, 0.05) is 6.54 Å². The molecule has 7 nitrogen and oxygen atoms in total. The van der Waals surface area contributed by atoms with E-state index in [-0.39, 0.29) is 0 Å². The fraction of sp³-hybridized carbons (Fsp3) is 0.941. The lowest BCUT2D eigenvalue weighted by molar-refractivity contribution is -0.148. The van der Waals surface area contributed by atoms with E-state index in [4.69, 9.17) is 5.11 Å². The number of hydrogen-bond donors (Lipinski definition) is 6. The zero-order valence-electron chi connectivity index (χ0n) is 14.3. The Hall–Kier alpha value is -0.730. The summed E-state index contributed by atoms with van der Waals surface area (Å²) in [5.74, 6) is -0.220. The first-order chi connectivity index (χ1) is 11.5. The van der Waals surface area contributed by atoms with Gasteiger partial charge in [0.05, 0.1) is 6.61 Å². The first-order valence-electron chi connectivity index (χ1n) is 9.08. The van der Waals surface area contributed by atoms with E-state index in [1.165, 1.54) is 38.5 Å². The normalized spacial score (nSPS) is 22.5. The fourth-order valence-electron chi connectivity index (χ4n) is 3.19. The van der Waals surface area contributed by atoms with Crippen molar-refractivity contribution >= 4 is 5.91 Å². The van der Waals surface area contributed by atoms with Crippen LogP contribution < -0.4 is 5.32 Å². The quantitative estimate of drug-likeness (QED) is 0.357. The summed E-state index contributed by atoms with van der Waals surface area (Å²) >= 11 is 0. The molecule has 0 aromatic carbocycles. The molecule has 1 saturated carbocycles. The molecule has 6 N–H and O–H groups in total. The number of aliphatic hydroxyl groups is 5. The summed E-state index contributed by atoms with van der Waals surface area (Å²) in [5, 5.41) is 49.5. The van der Waals surface area contributed by atoms with Crippen molar-refractivity contribution in [2.45, 2.75) is 82.2 Å². The van der Waals surface area contributed by atoms with Gasteiger partial charge in [0.25, 0.3) is 5.91 Å². The molecule has 0 aliphatic heterocycles. The van der Waals surface area contributed by atoms with Crippen molar-refractivity contribution in [1.82, 2.24) is 5.32 Å². The van der Waals surface area contributed by atoms with Gasteiger partial charge in [-0.15, -0.1) is 0 Å². The fourth-order valence-corrected chi connectivity index (χ4v) is 3.19. The molecular formula is C17H33NO6. The second-order valence-electron chi connectivity index (χ2n) is 6.82. The summed E-state index contributed by atoms with van der Waals surface area (Å²) in [4.78, 5) is 11.8. The van der Waals surface area contributed by atoms with Crippen LogP contribution in [-0.2, 0) is 4.79 Å². The zero-order chi connectivity index (χ0) is 17.9. The number of carbonyl (C=O) groups excluding carboxylic acids is 1. The third-order valence-corrected chi connectivity index (χ3v) is 4.85. The predicted molar refractivity (Wildman–Crippen MR) is 89.2 cm³/mol. The van der Waals surface area contributed by atoms with Crippen LogP contribution in [-0.4, -0.2) is 69.0 Å². The lowest BCUT2D eigenvalue weighted by Crippen LogP contribution is -2.51. The minimum absolute atomic E-state index is 0.409. The van der Waals surface area contributed by atoms with Crippen molar-refractivity contribution < 1.29 is 30.3 Å². The SMILES string of the molecule is O=C(NCCC1CCCCCCCC1)C(O)C(O)C(O)C(O)CO. The molecule has 1 aliphatic rings. The Morgan fingerprint density at radius 3 is 2.00 bits per heavy atom. The van der Waals surface area contributed by atoms with Crippen LogP contribution in [0.2, 0.25) is 0 Å². The van der Waals surface area contributed by atoms with Gasteiger partial charge in [0.2, 0.25) is 0 Å². The number of hydrogen-bond acceptors (Lipinski definition) is 6. The Balaban J connectivity index is 2.33. The van der Waals surface area contributed by atoms with Crippen molar-refractivity contribution in [1.29, 1.82) is 0 Å². The number of aliphatic hydroxyl groups excluding tert-OH is 5. The number of amides is 1. The third kappa shape index (κ3) is 7.44. The van der Waals surface area contributed by atoms with E-state index in [2.05, 4.69) is 5.32 Å². The highest BCUT2D eigenvalue weighted by Crippen LogP contribution is 2.23. The molecular weight excluding hydrogens is 314 g/mol. The predicted octanol–water partition coefficient (Wildman–Crippen LogP) is -0.321. The lowest BCUT2D eigenvalue weighted by atomic mass is 9.93. The Morgan fingerprint density at radius 1 is 0.917 bits per heavy atom. The van der Waals surface area contributed by atoms with E-state index >= 15 is 0 Å². The molecule has 0 spiro atoms. The monoisotopic (exact) mass is 347 g/mol. The average Bonchev–Trinajstić information content (AvgIpc) is 2.72. The van der Waals surface area contributed by atoms with E-state index in [0.29, 0.717) is 12.5 Å². The maximum absolute atomic E-state index is 11.8. The Bertz CT molecular complexity index is 344. The lowest BCUT2D eigenvalue weighted by Gasteiger charge is -2.25. The van der Waals surface area contributed by atoms with Gasteiger partial charge in [-0.2, -0.15) is 0 Å². The molecule has 1 rings (SSSR count). The molecule has 7 heteroatoms. The Kier molecular flexibility index (Phi) is 10.4. The molecule has 0 heterocycles. The molecule has 4 atom stereocenters. The van der Waals surface area contributed by atoms with Gasteiger partial charge < -0.3 is 30.8 Å². The third-order valence-electron chi connectivity index (χ3n) is 4.85. The molecule has 0 aromatic heterocycles. The molecule has 0 bridgehead atoms. The molecule has 1 fully saturated rings. The molecule has 1 amide bonds. The van der Waals surface area contributed by atoms with Crippen LogP contribution in [0.3, 0.4) is 0 Å². The first-order valence-corrected chi connectivity index (χ1v) is 9.08. The molecule has 0 saturated heterocycles. The molecule has 1 aliphatic carbocycles. The van der Waals surface area contributed by atoms with E-state index in [1.54, 1.807) is 0 Å². The van der Waals surface area contributed by atoms with Crippen LogP contribution in [0.15, 0.2) is 0 Å². The summed E-state index contributed by atoms with van der Waals surface area (Å²) in [5.41, 5.74) is 0. The maximum atomic E-state index is 11.8. The molecule has 142 valence electrons. The van der Waals surface area contributed by atoms with Gasteiger partial charge in [0.15, 0.2) is 6.10 Å². The first kappa shape index (κ1) is 21.3. The average molecular weight is 347 g/mol. The Morgan fingerprint density at radius 2 is 1.46 bits per heavy atom. The van der Waals surface area contributed by atoms with E-state index in [0.717, 1.165) is 19.3 Å². The zero-order valence-corrected chi connectivity index (χ0v) is 14.3. The van der Waals surface area contributed by atoms with Gasteiger partial charge in [-0.05, 0) is 12.3 Å². The maximum Gasteiger partial charge on any atom is 0.251 e. The van der Waals surface area contributed by atoms with Crippen molar-refractivity contribution in [3.63, 3.8) is 0 Å². The van der Waals surface area contributed by atoms with Gasteiger partial charge in [0.1, 0.15) is 18.3 Å². The summed E-state index contributed by atoms with van der Waals surface area (Å²) in [6, 6.07) is 0. The highest BCUT2D eigenvalue weighted by molar-refractivity contribution is 5.81.